The van der Waals surface area contributed by atoms with Gasteiger partial charge in [-0.05, 0) is 61.1 Å². The van der Waals surface area contributed by atoms with Crippen LogP contribution in [0.25, 0.3) is 11.0 Å². The number of hydrogen-bond acceptors (Lipinski definition) is 4. The monoisotopic (exact) mass is 315 g/mol. The molecule has 124 valence electrons. The van der Waals surface area contributed by atoms with E-state index in [9.17, 15) is 9.90 Å². The molecule has 0 aliphatic carbocycles. The Bertz CT molecular complexity index is 763. The third kappa shape index (κ3) is 3.48. The fraction of sp³-hybridized carbons (Fsp3) is 0.526. The molecule has 0 amide bonds. The van der Waals surface area contributed by atoms with Crippen LogP contribution in [-0.2, 0) is 6.54 Å². The molecule has 4 heteroatoms. The maximum Gasteiger partial charge on any atom is 0.336 e. The number of likely N-dealkylation sites (tertiary alicyclic amines) is 1. The molecule has 1 saturated heterocycles. The Morgan fingerprint density at radius 2 is 2.13 bits per heavy atom. The molecule has 4 nitrogen and oxygen atoms in total. The topological polar surface area (TPSA) is 53.7 Å². The van der Waals surface area contributed by atoms with Gasteiger partial charge in [0.15, 0.2) is 0 Å². The van der Waals surface area contributed by atoms with Crippen LogP contribution in [0.5, 0.6) is 0 Å². The lowest BCUT2D eigenvalue weighted by atomic mass is 9.94. The van der Waals surface area contributed by atoms with Crippen LogP contribution < -0.4 is 5.63 Å². The maximum atomic E-state index is 11.9. The van der Waals surface area contributed by atoms with Crippen LogP contribution in [0.15, 0.2) is 27.4 Å². The van der Waals surface area contributed by atoms with Gasteiger partial charge in [-0.3, -0.25) is 4.90 Å². The second-order valence-electron chi connectivity index (χ2n) is 6.98. The average Bonchev–Trinajstić information content (AvgIpc) is 2.46. The van der Waals surface area contributed by atoms with Crippen molar-refractivity contribution in [2.75, 3.05) is 13.1 Å². The fourth-order valence-electron chi connectivity index (χ4n) is 3.56. The van der Waals surface area contributed by atoms with Crippen LogP contribution in [0, 0.1) is 6.92 Å². The van der Waals surface area contributed by atoms with Gasteiger partial charge in [0.25, 0.3) is 0 Å². The molecule has 1 N–H and O–H groups in total. The zero-order valence-corrected chi connectivity index (χ0v) is 14.1. The number of piperidine rings is 1. The number of aliphatic hydroxyl groups is 1. The predicted octanol–water partition coefficient (Wildman–Crippen LogP) is 3.18. The third-order valence-electron chi connectivity index (χ3n) is 4.71. The van der Waals surface area contributed by atoms with Crippen LogP contribution in [0.2, 0.25) is 0 Å². The molecule has 3 rings (SSSR count). The van der Waals surface area contributed by atoms with Crippen molar-refractivity contribution in [3.8, 4) is 0 Å². The SMILES string of the molecule is Cc1cc2oc(=O)cc(CN3CCCC(O)C3)c2cc1C(C)C. The first-order chi connectivity index (χ1) is 10.9. The van der Waals surface area contributed by atoms with E-state index in [1.807, 2.05) is 6.07 Å². The number of nitrogens with zero attached hydrogens (tertiary/aromatic N) is 1. The van der Waals surface area contributed by atoms with Crippen LogP contribution in [-0.4, -0.2) is 29.2 Å². The van der Waals surface area contributed by atoms with Gasteiger partial charge in [-0.1, -0.05) is 13.8 Å². The fourth-order valence-corrected chi connectivity index (χ4v) is 3.56. The first-order valence-electron chi connectivity index (χ1n) is 8.41. The molecule has 1 unspecified atom stereocenters. The number of benzene rings is 1. The summed E-state index contributed by atoms with van der Waals surface area (Å²) < 4.78 is 5.40. The van der Waals surface area contributed by atoms with E-state index in [2.05, 4.69) is 31.7 Å². The largest absolute Gasteiger partial charge is 0.423 e. The van der Waals surface area contributed by atoms with Gasteiger partial charge in [-0.15, -0.1) is 0 Å². The van der Waals surface area contributed by atoms with E-state index in [1.165, 1.54) is 5.56 Å². The lowest BCUT2D eigenvalue weighted by molar-refractivity contribution is 0.0670. The van der Waals surface area contributed by atoms with Gasteiger partial charge < -0.3 is 9.52 Å². The van der Waals surface area contributed by atoms with Crippen molar-refractivity contribution in [2.24, 2.45) is 0 Å². The Morgan fingerprint density at radius 3 is 2.83 bits per heavy atom. The Kier molecular flexibility index (Phi) is 4.55. The Balaban J connectivity index is 2.04. The van der Waals surface area contributed by atoms with Crippen LogP contribution >= 0.6 is 0 Å². The molecule has 2 heterocycles. The Labute approximate surface area is 136 Å². The van der Waals surface area contributed by atoms with E-state index >= 15 is 0 Å². The first-order valence-corrected chi connectivity index (χ1v) is 8.41. The molecule has 23 heavy (non-hydrogen) atoms. The molecule has 0 spiro atoms. The molecule has 1 aromatic carbocycles. The van der Waals surface area contributed by atoms with Crippen LogP contribution in [0.4, 0.5) is 0 Å². The molecular weight excluding hydrogens is 290 g/mol. The normalized spacial score (nSPS) is 19.6. The van der Waals surface area contributed by atoms with Crippen molar-refractivity contribution in [3.05, 3.63) is 45.3 Å². The Morgan fingerprint density at radius 1 is 1.35 bits per heavy atom. The summed E-state index contributed by atoms with van der Waals surface area (Å²) in [6.07, 6.45) is 1.60. The van der Waals surface area contributed by atoms with Crippen molar-refractivity contribution in [2.45, 2.75) is 52.2 Å². The van der Waals surface area contributed by atoms with E-state index in [4.69, 9.17) is 4.42 Å². The third-order valence-corrected chi connectivity index (χ3v) is 4.71. The number of aliphatic hydroxyl groups excluding tert-OH is 1. The summed E-state index contributed by atoms with van der Waals surface area (Å²) in [5, 5.41) is 10.9. The second-order valence-corrected chi connectivity index (χ2v) is 6.98. The number of β-amino-alcohol motifs (C(OH)–C–C–N with tert-alkyl or cyclic N) is 1. The van der Waals surface area contributed by atoms with E-state index in [1.54, 1.807) is 6.07 Å². The second kappa shape index (κ2) is 6.46. The molecule has 0 radical (unpaired) electrons. The average molecular weight is 315 g/mol. The van der Waals surface area contributed by atoms with E-state index < -0.39 is 0 Å². The van der Waals surface area contributed by atoms with E-state index in [0.717, 1.165) is 35.9 Å². The van der Waals surface area contributed by atoms with Gasteiger partial charge in [0.2, 0.25) is 0 Å². The van der Waals surface area contributed by atoms with E-state index in [-0.39, 0.29) is 11.7 Å². The van der Waals surface area contributed by atoms with Gasteiger partial charge in [-0.2, -0.15) is 0 Å². The minimum Gasteiger partial charge on any atom is -0.423 e. The zero-order valence-electron chi connectivity index (χ0n) is 14.1. The zero-order chi connectivity index (χ0) is 16.6. The molecular formula is C19H25NO3. The molecule has 1 fully saturated rings. The summed E-state index contributed by atoms with van der Waals surface area (Å²) in [5.41, 5.74) is 3.79. The molecule has 0 saturated carbocycles. The highest BCUT2D eigenvalue weighted by Gasteiger charge is 2.19. The van der Waals surface area contributed by atoms with Crippen LogP contribution in [0.3, 0.4) is 0 Å². The number of fused-ring (bicyclic) bond motifs is 1. The highest BCUT2D eigenvalue weighted by molar-refractivity contribution is 5.82. The highest BCUT2D eigenvalue weighted by Crippen LogP contribution is 2.27. The van der Waals surface area contributed by atoms with Crippen LogP contribution in [0.1, 0.15) is 49.3 Å². The lowest BCUT2D eigenvalue weighted by Crippen LogP contribution is -2.37. The molecule has 1 aliphatic rings. The van der Waals surface area contributed by atoms with Crippen molar-refractivity contribution in [3.63, 3.8) is 0 Å². The summed E-state index contributed by atoms with van der Waals surface area (Å²) in [4.78, 5) is 14.1. The molecule has 0 bridgehead atoms. The van der Waals surface area contributed by atoms with Gasteiger partial charge >= 0.3 is 5.63 Å². The first kappa shape index (κ1) is 16.2. The predicted molar refractivity (Wildman–Crippen MR) is 91.8 cm³/mol. The van der Waals surface area contributed by atoms with Crippen molar-refractivity contribution < 1.29 is 9.52 Å². The molecule has 2 aromatic rings. The number of aryl methyl sites for hydroxylation is 1. The minimum absolute atomic E-state index is 0.261. The Hall–Kier alpha value is -1.65. The maximum absolute atomic E-state index is 11.9. The van der Waals surface area contributed by atoms with Gasteiger partial charge in [0, 0.05) is 24.5 Å². The standard InChI is InChI=1S/C19H25NO3/c1-12(2)16-9-17-14(10-20-6-4-5-15(21)11-20)8-19(22)23-18(17)7-13(16)3/h7-9,12,15,21H,4-6,10-11H2,1-3H3. The lowest BCUT2D eigenvalue weighted by Gasteiger charge is -2.30. The summed E-state index contributed by atoms with van der Waals surface area (Å²) in [6.45, 7) is 8.72. The van der Waals surface area contributed by atoms with E-state index in [0.29, 0.717) is 24.6 Å². The highest BCUT2D eigenvalue weighted by atomic mass is 16.4. The summed E-state index contributed by atoms with van der Waals surface area (Å²) in [6, 6.07) is 5.73. The quantitative estimate of drug-likeness (QED) is 0.884. The molecule has 1 atom stereocenters. The van der Waals surface area contributed by atoms with Crippen molar-refractivity contribution >= 4 is 11.0 Å². The van der Waals surface area contributed by atoms with Crippen molar-refractivity contribution in [1.82, 2.24) is 4.90 Å². The number of hydrogen-bond donors (Lipinski definition) is 1. The molecule has 1 aliphatic heterocycles. The summed E-state index contributed by atoms with van der Waals surface area (Å²) >= 11 is 0. The van der Waals surface area contributed by atoms with Gasteiger partial charge in [-0.25, -0.2) is 4.79 Å². The summed E-state index contributed by atoms with van der Waals surface area (Å²) in [7, 11) is 0. The summed E-state index contributed by atoms with van der Waals surface area (Å²) in [5.74, 6) is 0.427. The van der Waals surface area contributed by atoms with Gasteiger partial charge in [0.05, 0.1) is 6.10 Å². The minimum atomic E-state index is -0.304. The van der Waals surface area contributed by atoms with Crippen molar-refractivity contribution in [1.29, 1.82) is 0 Å². The molecule has 1 aromatic heterocycles. The van der Waals surface area contributed by atoms with Gasteiger partial charge in [0.1, 0.15) is 5.58 Å². The smallest absolute Gasteiger partial charge is 0.336 e. The number of rotatable bonds is 3.